The minimum atomic E-state index is -0.833. The van der Waals surface area contributed by atoms with Crippen LogP contribution in [-0.4, -0.2) is 35.4 Å². The molecule has 0 saturated carbocycles. The Morgan fingerprint density at radius 2 is 1.80 bits per heavy atom. The van der Waals surface area contributed by atoms with Gasteiger partial charge in [0.2, 0.25) is 0 Å². The quantitative estimate of drug-likeness (QED) is 0.869. The molecule has 0 bridgehead atoms. The Morgan fingerprint density at radius 3 is 2.56 bits per heavy atom. The first kappa shape index (κ1) is 17.0. The largest absolute Gasteiger partial charge is 0.385 e. The van der Waals surface area contributed by atoms with Crippen LogP contribution in [0.2, 0.25) is 10.0 Å². The van der Waals surface area contributed by atoms with Crippen molar-refractivity contribution in [2.24, 2.45) is 4.99 Å². The minimum absolute atomic E-state index is 0.493. The SMILES string of the molecule is OC1(c2ccc(Cl)c(Cl)c2)CCN(CC2=NCc3ccccc32)CC1. The van der Waals surface area contributed by atoms with Crippen LogP contribution in [0.4, 0.5) is 0 Å². The van der Waals surface area contributed by atoms with Crippen LogP contribution in [0.25, 0.3) is 0 Å². The molecule has 2 heterocycles. The monoisotopic (exact) mass is 374 g/mol. The van der Waals surface area contributed by atoms with Gasteiger partial charge in [-0.15, -0.1) is 0 Å². The standard InChI is InChI=1S/C20H20Cl2N2O/c21-17-6-5-15(11-18(17)22)20(25)7-9-24(10-8-20)13-19-16-4-2-1-3-14(16)12-23-19/h1-6,11,25H,7-10,12-13H2. The zero-order valence-electron chi connectivity index (χ0n) is 13.9. The third kappa shape index (κ3) is 3.34. The van der Waals surface area contributed by atoms with E-state index in [0.29, 0.717) is 22.9 Å². The molecule has 5 heteroatoms. The van der Waals surface area contributed by atoms with E-state index in [1.54, 1.807) is 12.1 Å². The smallest absolute Gasteiger partial charge is 0.0921 e. The Morgan fingerprint density at radius 1 is 1.04 bits per heavy atom. The number of fused-ring (bicyclic) bond motifs is 1. The van der Waals surface area contributed by atoms with Crippen LogP contribution < -0.4 is 0 Å². The Labute approximate surface area is 157 Å². The van der Waals surface area contributed by atoms with Gasteiger partial charge in [0.25, 0.3) is 0 Å². The van der Waals surface area contributed by atoms with E-state index >= 15 is 0 Å². The van der Waals surface area contributed by atoms with Crippen LogP contribution in [-0.2, 0) is 12.1 Å². The number of rotatable bonds is 3. The molecule has 0 spiro atoms. The second kappa shape index (κ2) is 6.73. The lowest BCUT2D eigenvalue weighted by Crippen LogP contribution is -2.44. The summed E-state index contributed by atoms with van der Waals surface area (Å²) >= 11 is 12.1. The third-order valence-electron chi connectivity index (χ3n) is 5.28. The molecule has 0 amide bonds. The molecule has 0 aromatic heterocycles. The maximum atomic E-state index is 11.0. The van der Waals surface area contributed by atoms with Crippen molar-refractivity contribution in [1.29, 1.82) is 0 Å². The predicted octanol–water partition coefficient (Wildman–Crippen LogP) is 4.28. The number of likely N-dealkylation sites (tertiary alicyclic amines) is 1. The van der Waals surface area contributed by atoms with Gasteiger partial charge in [0.1, 0.15) is 0 Å². The summed E-state index contributed by atoms with van der Waals surface area (Å²) in [7, 11) is 0. The van der Waals surface area contributed by atoms with Gasteiger partial charge in [-0.05, 0) is 36.1 Å². The van der Waals surface area contributed by atoms with E-state index in [1.807, 2.05) is 6.07 Å². The second-order valence-corrected chi connectivity index (χ2v) is 7.67. The number of nitrogens with zero attached hydrogens (tertiary/aromatic N) is 2. The van der Waals surface area contributed by atoms with Gasteiger partial charge in [0.05, 0.1) is 27.9 Å². The molecule has 2 aliphatic heterocycles. The number of halogens is 2. The van der Waals surface area contributed by atoms with Crippen LogP contribution in [0.3, 0.4) is 0 Å². The van der Waals surface area contributed by atoms with E-state index in [4.69, 9.17) is 28.2 Å². The van der Waals surface area contributed by atoms with Crippen molar-refractivity contribution in [3.05, 3.63) is 69.2 Å². The maximum Gasteiger partial charge on any atom is 0.0921 e. The van der Waals surface area contributed by atoms with Crippen molar-refractivity contribution >= 4 is 28.9 Å². The summed E-state index contributed by atoms with van der Waals surface area (Å²) in [6, 6.07) is 13.8. The fourth-order valence-electron chi connectivity index (χ4n) is 3.71. The van der Waals surface area contributed by atoms with Gasteiger partial charge in [-0.25, -0.2) is 0 Å². The first-order valence-corrected chi connectivity index (χ1v) is 9.33. The van der Waals surface area contributed by atoms with Crippen molar-refractivity contribution in [3.8, 4) is 0 Å². The van der Waals surface area contributed by atoms with Gasteiger partial charge in [-0.3, -0.25) is 9.89 Å². The lowest BCUT2D eigenvalue weighted by Gasteiger charge is -2.38. The summed E-state index contributed by atoms with van der Waals surface area (Å²) in [6.07, 6.45) is 1.36. The molecule has 0 atom stereocenters. The van der Waals surface area contributed by atoms with Gasteiger partial charge in [-0.2, -0.15) is 0 Å². The van der Waals surface area contributed by atoms with E-state index in [1.165, 1.54) is 11.1 Å². The number of hydrogen-bond donors (Lipinski definition) is 1. The zero-order chi connectivity index (χ0) is 17.4. The Balaban J connectivity index is 1.42. The van der Waals surface area contributed by atoms with Crippen molar-refractivity contribution in [2.45, 2.75) is 25.0 Å². The van der Waals surface area contributed by atoms with Crippen molar-refractivity contribution in [3.63, 3.8) is 0 Å². The van der Waals surface area contributed by atoms with Crippen LogP contribution in [0, 0.1) is 0 Å². The normalized spacial score (nSPS) is 19.6. The molecule has 4 rings (SSSR count). The summed E-state index contributed by atoms with van der Waals surface area (Å²) in [5, 5.41) is 12.0. The van der Waals surface area contributed by atoms with Crippen molar-refractivity contribution < 1.29 is 5.11 Å². The van der Waals surface area contributed by atoms with E-state index in [9.17, 15) is 5.11 Å². The van der Waals surface area contributed by atoms with Crippen molar-refractivity contribution in [2.75, 3.05) is 19.6 Å². The molecule has 0 unspecified atom stereocenters. The molecule has 1 fully saturated rings. The number of benzene rings is 2. The molecule has 1 saturated heterocycles. The van der Waals surface area contributed by atoms with Crippen LogP contribution in [0.1, 0.15) is 29.5 Å². The Hall–Kier alpha value is -1.39. The van der Waals surface area contributed by atoms with Crippen LogP contribution >= 0.6 is 23.2 Å². The van der Waals surface area contributed by atoms with Gasteiger partial charge < -0.3 is 5.11 Å². The molecule has 0 radical (unpaired) electrons. The van der Waals surface area contributed by atoms with E-state index in [0.717, 1.165) is 37.5 Å². The highest BCUT2D eigenvalue weighted by Gasteiger charge is 2.35. The van der Waals surface area contributed by atoms with E-state index in [2.05, 4.69) is 29.2 Å². The van der Waals surface area contributed by atoms with Crippen LogP contribution in [0.15, 0.2) is 47.5 Å². The summed E-state index contributed by atoms with van der Waals surface area (Å²) in [5.41, 5.74) is 3.76. The molecule has 2 aromatic carbocycles. The molecule has 2 aliphatic rings. The van der Waals surface area contributed by atoms with Crippen LogP contribution in [0.5, 0.6) is 0 Å². The lowest BCUT2D eigenvalue weighted by atomic mass is 9.84. The Kier molecular flexibility index (Phi) is 4.59. The first-order chi connectivity index (χ1) is 12.0. The third-order valence-corrected chi connectivity index (χ3v) is 6.02. The molecule has 1 N–H and O–H groups in total. The number of aliphatic imine (C=N–C) groups is 1. The zero-order valence-corrected chi connectivity index (χ0v) is 15.4. The van der Waals surface area contributed by atoms with Gasteiger partial charge in [-0.1, -0.05) is 53.5 Å². The summed E-state index contributed by atoms with van der Waals surface area (Å²) < 4.78 is 0. The fourth-order valence-corrected chi connectivity index (χ4v) is 4.01. The first-order valence-electron chi connectivity index (χ1n) is 8.57. The average molecular weight is 375 g/mol. The predicted molar refractivity (Wildman–Crippen MR) is 103 cm³/mol. The summed E-state index contributed by atoms with van der Waals surface area (Å²) in [4.78, 5) is 7.06. The minimum Gasteiger partial charge on any atom is -0.385 e. The van der Waals surface area contributed by atoms with Gasteiger partial charge in [0, 0.05) is 25.2 Å². The Bertz CT molecular complexity index is 826. The highest BCUT2D eigenvalue weighted by Crippen LogP contribution is 2.36. The van der Waals surface area contributed by atoms with E-state index < -0.39 is 5.60 Å². The molecule has 25 heavy (non-hydrogen) atoms. The van der Waals surface area contributed by atoms with E-state index in [-0.39, 0.29) is 0 Å². The summed E-state index contributed by atoms with van der Waals surface area (Å²) in [6.45, 7) is 3.29. The maximum absolute atomic E-state index is 11.0. The molecule has 130 valence electrons. The number of hydrogen-bond acceptors (Lipinski definition) is 3. The lowest BCUT2D eigenvalue weighted by molar-refractivity contribution is -0.0225. The fraction of sp³-hybridized carbons (Fsp3) is 0.350. The number of aliphatic hydroxyl groups is 1. The number of piperidine rings is 1. The topological polar surface area (TPSA) is 35.8 Å². The van der Waals surface area contributed by atoms with Gasteiger partial charge >= 0.3 is 0 Å². The highest BCUT2D eigenvalue weighted by atomic mass is 35.5. The van der Waals surface area contributed by atoms with Gasteiger partial charge in [0.15, 0.2) is 0 Å². The second-order valence-electron chi connectivity index (χ2n) is 6.86. The molecule has 3 nitrogen and oxygen atoms in total. The highest BCUT2D eigenvalue weighted by molar-refractivity contribution is 6.42. The molecule has 2 aromatic rings. The molecular formula is C20H20Cl2N2O. The average Bonchev–Trinajstić information content (AvgIpc) is 3.02. The molecule has 0 aliphatic carbocycles. The molecular weight excluding hydrogens is 355 g/mol. The van der Waals surface area contributed by atoms with Crippen molar-refractivity contribution in [1.82, 2.24) is 4.90 Å². The summed E-state index contributed by atoms with van der Waals surface area (Å²) in [5.74, 6) is 0.